The summed E-state index contributed by atoms with van der Waals surface area (Å²) in [7, 11) is 0. The Labute approximate surface area is 118 Å². The smallest absolute Gasteiger partial charge is 0.0716 e. The van der Waals surface area contributed by atoms with E-state index in [1.807, 2.05) is 6.07 Å². The minimum atomic E-state index is 0.665. The number of hydrogen-bond acceptors (Lipinski definition) is 1. The van der Waals surface area contributed by atoms with E-state index in [4.69, 9.17) is 4.74 Å². The molecule has 0 radical (unpaired) electrons. The van der Waals surface area contributed by atoms with Crippen LogP contribution in [0.25, 0.3) is 0 Å². The quantitative estimate of drug-likeness (QED) is 0.554. The highest BCUT2D eigenvalue weighted by Gasteiger charge is 2.44. The van der Waals surface area contributed by atoms with Crippen molar-refractivity contribution in [2.75, 3.05) is 6.61 Å². The number of rotatable bonds is 9. The van der Waals surface area contributed by atoms with Gasteiger partial charge in [-0.25, -0.2) is 0 Å². The molecule has 2 rings (SSSR count). The van der Waals surface area contributed by atoms with Crippen molar-refractivity contribution in [1.82, 2.24) is 0 Å². The van der Waals surface area contributed by atoms with Gasteiger partial charge < -0.3 is 4.74 Å². The zero-order valence-corrected chi connectivity index (χ0v) is 12.5. The Balaban J connectivity index is 1.39. The van der Waals surface area contributed by atoms with Crippen LogP contribution < -0.4 is 0 Å². The SMILES string of the molecule is CC1(C)CC1CCCCCCOCc1ccccc1. The number of hydrogen-bond donors (Lipinski definition) is 0. The van der Waals surface area contributed by atoms with E-state index in [1.54, 1.807) is 0 Å². The minimum Gasteiger partial charge on any atom is -0.377 e. The van der Waals surface area contributed by atoms with E-state index >= 15 is 0 Å². The van der Waals surface area contributed by atoms with Crippen molar-refractivity contribution in [3.05, 3.63) is 35.9 Å². The molecule has 1 saturated carbocycles. The standard InChI is InChI=1S/C18H28O/c1-18(2)14-17(18)12-8-3-4-9-13-19-15-16-10-6-5-7-11-16/h5-7,10-11,17H,3-4,8-9,12-15H2,1-2H3. The van der Waals surface area contributed by atoms with Crippen LogP contribution in [0.3, 0.4) is 0 Å². The number of unbranched alkanes of at least 4 members (excludes halogenated alkanes) is 3. The van der Waals surface area contributed by atoms with E-state index in [0.717, 1.165) is 19.1 Å². The van der Waals surface area contributed by atoms with E-state index < -0.39 is 0 Å². The van der Waals surface area contributed by atoms with Gasteiger partial charge >= 0.3 is 0 Å². The van der Waals surface area contributed by atoms with E-state index in [-0.39, 0.29) is 0 Å². The lowest BCUT2D eigenvalue weighted by atomic mass is 10.0. The Kier molecular flexibility index (Phi) is 5.45. The molecule has 1 atom stereocenters. The molecule has 1 aliphatic carbocycles. The summed E-state index contributed by atoms with van der Waals surface area (Å²) in [5.41, 5.74) is 1.94. The molecule has 0 heterocycles. The van der Waals surface area contributed by atoms with Crippen molar-refractivity contribution in [3.63, 3.8) is 0 Å². The molecule has 1 fully saturated rings. The normalized spacial score (nSPS) is 20.4. The highest BCUT2D eigenvalue weighted by Crippen LogP contribution is 2.54. The van der Waals surface area contributed by atoms with Crippen LogP contribution in [-0.4, -0.2) is 6.61 Å². The van der Waals surface area contributed by atoms with Gasteiger partial charge in [-0.3, -0.25) is 0 Å². The van der Waals surface area contributed by atoms with Crippen molar-refractivity contribution in [2.45, 2.75) is 59.0 Å². The molecule has 1 aromatic rings. The van der Waals surface area contributed by atoms with Crippen LogP contribution in [0, 0.1) is 11.3 Å². The van der Waals surface area contributed by atoms with Crippen LogP contribution in [0.4, 0.5) is 0 Å². The Morgan fingerprint density at radius 3 is 2.42 bits per heavy atom. The molecule has 1 heteroatoms. The van der Waals surface area contributed by atoms with Gasteiger partial charge in [-0.15, -0.1) is 0 Å². The van der Waals surface area contributed by atoms with Gasteiger partial charge in [0.1, 0.15) is 0 Å². The molecule has 0 aromatic heterocycles. The molecule has 0 spiro atoms. The summed E-state index contributed by atoms with van der Waals surface area (Å²) in [6, 6.07) is 10.4. The van der Waals surface area contributed by atoms with Gasteiger partial charge in [0.15, 0.2) is 0 Å². The van der Waals surface area contributed by atoms with Gasteiger partial charge in [-0.1, -0.05) is 63.4 Å². The van der Waals surface area contributed by atoms with Crippen molar-refractivity contribution in [1.29, 1.82) is 0 Å². The van der Waals surface area contributed by atoms with E-state index in [0.29, 0.717) is 5.41 Å². The van der Waals surface area contributed by atoms with Crippen LogP contribution in [0.15, 0.2) is 30.3 Å². The van der Waals surface area contributed by atoms with E-state index in [2.05, 4.69) is 38.1 Å². The lowest BCUT2D eigenvalue weighted by molar-refractivity contribution is 0.116. The average Bonchev–Trinajstić information content (AvgIpc) is 3.01. The van der Waals surface area contributed by atoms with Gasteiger partial charge in [-0.2, -0.15) is 0 Å². The summed E-state index contributed by atoms with van der Waals surface area (Å²) >= 11 is 0. The summed E-state index contributed by atoms with van der Waals surface area (Å²) < 4.78 is 5.69. The fraction of sp³-hybridized carbons (Fsp3) is 0.667. The summed E-state index contributed by atoms with van der Waals surface area (Å²) in [5.74, 6) is 1.02. The van der Waals surface area contributed by atoms with E-state index in [9.17, 15) is 0 Å². The lowest BCUT2D eigenvalue weighted by Crippen LogP contribution is -1.95. The Morgan fingerprint density at radius 2 is 1.74 bits per heavy atom. The first-order valence-electron chi connectivity index (χ1n) is 7.80. The summed E-state index contributed by atoms with van der Waals surface area (Å²) in [6.07, 6.45) is 8.21. The molecular formula is C18H28O. The molecule has 0 N–H and O–H groups in total. The van der Waals surface area contributed by atoms with Crippen LogP contribution in [0.5, 0.6) is 0 Å². The Bertz CT molecular complexity index is 355. The molecule has 0 aliphatic heterocycles. The molecule has 1 aliphatic rings. The monoisotopic (exact) mass is 260 g/mol. The molecule has 1 unspecified atom stereocenters. The molecular weight excluding hydrogens is 232 g/mol. The summed E-state index contributed by atoms with van der Waals surface area (Å²) in [5, 5.41) is 0. The second kappa shape index (κ2) is 7.09. The zero-order valence-electron chi connectivity index (χ0n) is 12.5. The third-order valence-corrected chi connectivity index (χ3v) is 4.42. The second-order valence-corrected chi connectivity index (χ2v) is 6.63. The second-order valence-electron chi connectivity index (χ2n) is 6.63. The maximum atomic E-state index is 5.69. The molecule has 0 amide bonds. The highest BCUT2D eigenvalue weighted by atomic mass is 16.5. The van der Waals surface area contributed by atoms with Crippen LogP contribution in [-0.2, 0) is 11.3 Å². The minimum absolute atomic E-state index is 0.665. The van der Waals surface area contributed by atoms with Crippen molar-refractivity contribution in [2.24, 2.45) is 11.3 Å². The van der Waals surface area contributed by atoms with Gasteiger partial charge in [-0.05, 0) is 36.2 Å². The predicted octanol–water partition coefficient (Wildman–Crippen LogP) is 5.20. The van der Waals surface area contributed by atoms with Gasteiger partial charge in [0.2, 0.25) is 0 Å². The fourth-order valence-electron chi connectivity index (χ4n) is 2.78. The number of ether oxygens (including phenoxy) is 1. The van der Waals surface area contributed by atoms with Crippen molar-refractivity contribution < 1.29 is 4.74 Å². The maximum Gasteiger partial charge on any atom is 0.0716 e. The summed E-state index contributed by atoms with van der Waals surface area (Å²) in [4.78, 5) is 0. The lowest BCUT2D eigenvalue weighted by Gasteiger charge is -2.05. The van der Waals surface area contributed by atoms with Crippen molar-refractivity contribution >= 4 is 0 Å². The van der Waals surface area contributed by atoms with Gasteiger partial charge in [0, 0.05) is 6.61 Å². The molecule has 19 heavy (non-hydrogen) atoms. The molecule has 1 aromatic carbocycles. The summed E-state index contributed by atoms with van der Waals surface area (Å²) in [6.45, 7) is 6.46. The first-order valence-corrected chi connectivity index (χ1v) is 7.80. The zero-order chi connectivity index (χ0) is 13.6. The number of benzene rings is 1. The highest BCUT2D eigenvalue weighted by molar-refractivity contribution is 5.13. The first-order chi connectivity index (χ1) is 9.18. The molecule has 106 valence electrons. The third kappa shape index (κ3) is 5.36. The van der Waals surface area contributed by atoms with Crippen LogP contribution >= 0.6 is 0 Å². The third-order valence-electron chi connectivity index (χ3n) is 4.42. The fourth-order valence-corrected chi connectivity index (χ4v) is 2.78. The molecule has 0 saturated heterocycles. The average molecular weight is 260 g/mol. The van der Waals surface area contributed by atoms with E-state index in [1.165, 1.54) is 44.1 Å². The first kappa shape index (κ1) is 14.6. The van der Waals surface area contributed by atoms with Gasteiger partial charge in [0.05, 0.1) is 6.61 Å². The molecule has 1 nitrogen and oxygen atoms in total. The maximum absolute atomic E-state index is 5.69. The molecule has 0 bridgehead atoms. The van der Waals surface area contributed by atoms with Crippen molar-refractivity contribution in [3.8, 4) is 0 Å². The largest absolute Gasteiger partial charge is 0.377 e. The van der Waals surface area contributed by atoms with Gasteiger partial charge in [0.25, 0.3) is 0 Å². The van der Waals surface area contributed by atoms with Crippen LogP contribution in [0.2, 0.25) is 0 Å². The topological polar surface area (TPSA) is 9.23 Å². The Hall–Kier alpha value is -0.820. The van der Waals surface area contributed by atoms with Crippen LogP contribution in [0.1, 0.15) is 57.9 Å². The predicted molar refractivity (Wildman–Crippen MR) is 81.1 cm³/mol. The Morgan fingerprint density at radius 1 is 1.05 bits per heavy atom.